The largest absolute Gasteiger partial charge is 0.349 e. The van der Waals surface area contributed by atoms with Gasteiger partial charge >= 0.3 is 6.03 Å². The van der Waals surface area contributed by atoms with Crippen molar-refractivity contribution in [3.8, 4) is 0 Å². The molecule has 2 aliphatic rings. The van der Waals surface area contributed by atoms with Crippen LogP contribution in [-0.4, -0.2) is 44.8 Å². The van der Waals surface area contributed by atoms with Gasteiger partial charge in [0, 0.05) is 13.0 Å². The number of fused-ring (bicyclic) bond motifs is 1. The summed E-state index contributed by atoms with van der Waals surface area (Å²) in [6.07, 6.45) is 3.34. The van der Waals surface area contributed by atoms with Gasteiger partial charge in [-0.05, 0) is 25.0 Å². The van der Waals surface area contributed by atoms with E-state index in [-0.39, 0.29) is 37.4 Å². The number of imide groups is 1. The van der Waals surface area contributed by atoms with E-state index in [4.69, 9.17) is 0 Å². The molecule has 1 spiro atoms. The summed E-state index contributed by atoms with van der Waals surface area (Å²) >= 11 is 0. The number of imidazole rings is 1. The standard InChI is InChI=1S/C18H21N5O3/c24-15(19-11-14-20-12-5-1-2-6-13(12)21-14)7-10-23-16(25)18(22-17(23)26)8-3-4-9-18/h1-2,5-6H,3-4,7-11H2,(H,19,24)(H,20,21)(H,22,26). The van der Waals surface area contributed by atoms with E-state index in [2.05, 4.69) is 20.6 Å². The Morgan fingerprint density at radius 3 is 2.77 bits per heavy atom. The van der Waals surface area contributed by atoms with E-state index in [0.29, 0.717) is 18.7 Å². The van der Waals surface area contributed by atoms with Crippen LogP contribution in [0.3, 0.4) is 0 Å². The summed E-state index contributed by atoms with van der Waals surface area (Å²) in [5, 5.41) is 5.59. The molecule has 4 amide bonds. The normalized spacial score (nSPS) is 18.7. The number of nitrogens with zero attached hydrogens (tertiary/aromatic N) is 2. The summed E-state index contributed by atoms with van der Waals surface area (Å²) in [6, 6.07) is 7.25. The smallest absolute Gasteiger partial charge is 0.325 e. The maximum absolute atomic E-state index is 12.5. The summed E-state index contributed by atoms with van der Waals surface area (Å²) in [4.78, 5) is 45.4. The quantitative estimate of drug-likeness (QED) is 0.705. The molecular formula is C18H21N5O3. The minimum absolute atomic E-state index is 0.0788. The number of hydrogen-bond acceptors (Lipinski definition) is 4. The summed E-state index contributed by atoms with van der Waals surface area (Å²) < 4.78 is 0. The number of carbonyl (C=O) groups excluding carboxylic acids is 3. The van der Waals surface area contributed by atoms with Crippen molar-refractivity contribution in [2.24, 2.45) is 0 Å². The van der Waals surface area contributed by atoms with Crippen molar-refractivity contribution >= 4 is 28.9 Å². The van der Waals surface area contributed by atoms with Crippen molar-refractivity contribution in [1.82, 2.24) is 25.5 Å². The van der Waals surface area contributed by atoms with Crippen LogP contribution < -0.4 is 10.6 Å². The van der Waals surface area contributed by atoms with Crippen molar-refractivity contribution in [2.45, 2.75) is 44.2 Å². The van der Waals surface area contributed by atoms with Crippen molar-refractivity contribution in [3.63, 3.8) is 0 Å². The Bertz CT molecular complexity index is 836. The SMILES string of the molecule is O=C(CCN1C(=O)NC2(CCCC2)C1=O)NCc1nc2ccccc2[nH]1. The van der Waals surface area contributed by atoms with Gasteiger partial charge in [0.15, 0.2) is 0 Å². The number of aromatic nitrogens is 2. The minimum Gasteiger partial charge on any atom is -0.349 e. The molecule has 1 aromatic carbocycles. The highest BCUT2D eigenvalue weighted by atomic mass is 16.2. The zero-order valence-corrected chi connectivity index (χ0v) is 14.4. The molecule has 0 bridgehead atoms. The molecule has 0 unspecified atom stereocenters. The molecule has 1 saturated carbocycles. The zero-order valence-electron chi connectivity index (χ0n) is 14.4. The van der Waals surface area contributed by atoms with Crippen molar-refractivity contribution in [1.29, 1.82) is 0 Å². The molecule has 136 valence electrons. The first kappa shape index (κ1) is 16.6. The highest BCUT2D eigenvalue weighted by Crippen LogP contribution is 2.34. The van der Waals surface area contributed by atoms with Crippen molar-refractivity contribution in [3.05, 3.63) is 30.1 Å². The summed E-state index contributed by atoms with van der Waals surface area (Å²) in [5.41, 5.74) is 1.04. The number of H-pyrrole nitrogens is 1. The Hall–Kier alpha value is -2.90. The molecule has 0 radical (unpaired) electrons. The number of rotatable bonds is 5. The molecule has 1 aromatic heterocycles. The average Bonchev–Trinajstić information content (AvgIpc) is 3.31. The molecule has 26 heavy (non-hydrogen) atoms. The van der Waals surface area contributed by atoms with Crippen LogP contribution in [0.1, 0.15) is 37.9 Å². The minimum atomic E-state index is -0.720. The number of urea groups is 1. The lowest BCUT2D eigenvalue weighted by atomic mass is 9.98. The van der Waals surface area contributed by atoms with Gasteiger partial charge in [-0.15, -0.1) is 0 Å². The van der Waals surface area contributed by atoms with Crippen LogP contribution >= 0.6 is 0 Å². The third-order valence-corrected chi connectivity index (χ3v) is 5.16. The molecule has 1 saturated heterocycles. The highest BCUT2D eigenvalue weighted by molar-refractivity contribution is 6.07. The molecular weight excluding hydrogens is 334 g/mol. The first-order valence-electron chi connectivity index (χ1n) is 8.92. The molecule has 1 aliphatic carbocycles. The molecule has 8 heteroatoms. The predicted molar refractivity (Wildman–Crippen MR) is 94.0 cm³/mol. The lowest BCUT2D eigenvalue weighted by Crippen LogP contribution is -2.44. The molecule has 1 aliphatic heterocycles. The number of nitrogens with one attached hydrogen (secondary N) is 3. The van der Waals surface area contributed by atoms with Crippen LogP contribution in [-0.2, 0) is 16.1 Å². The maximum Gasteiger partial charge on any atom is 0.325 e. The third kappa shape index (κ3) is 2.91. The van der Waals surface area contributed by atoms with Crippen molar-refractivity contribution < 1.29 is 14.4 Å². The summed E-state index contributed by atoms with van der Waals surface area (Å²) in [5.74, 6) is 0.253. The van der Waals surface area contributed by atoms with E-state index in [1.165, 1.54) is 4.90 Å². The average molecular weight is 355 g/mol. The predicted octanol–water partition coefficient (Wildman–Crippen LogP) is 1.43. The number of para-hydroxylation sites is 2. The van der Waals surface area contributed by atoms with E-state index < -0.39 is 5.54 Å². The van der Waals surface area contributed by atoms with E-state index in [1.54, 1.807) is 0 Å². The Balaban J connectivity index is 1.30. The van der Waals surface area contributed by atoms with Crippen LogP contribution in [0.25, 0.3) is 11.0 Å². The van der Waals surface area contributed by atoms with Crippen LogP contribution in [0, 0.1) is 0 Å². The van der Waals surface area contributed by atoms with Gasteiger partial charge in [-0.1, -0.05) is 25.0 Å². The number of amides is 4. The van der Waals surface area contributed by atoms with Crippen LogP contribution in [0.15, 0.2) is 24.3 Å². The van der Waals surface area contributed by atoms with Gasteiger partial charge in [-0.2, -0.15) is 0 Å². The van der Waals surface area contributed by atoms with Gasteiger partial charge in [0.2, 0.25) is 5.91 Å². The number of hydrogen-bond donors (Lipinski definition) is 3. The fourth-order valence-corrected chi connectivity index (χ4v) is 3.77. The molecule has 0 atom stereocenters. The molecule has 2 fully saturated rings. The van der Waals surface area contributed by atoms with Gasteiger partial charge in [-0.25, -0.2) is 9.78 Å². The Labute approximate surface area is 150 Å². The molecule has 2 heterocycles. The second-order valence-corrected chi connectivity index (χ2v) is 6.90. The first-order chi connectivity index (χ1) is 12.6. The molecule has 4 rings (SSSR count). The monoisotopic (exact) mass is 355 g/mol. The Morgan fingerprint density at radius 2 is 2.00 bits per heavy atom. The molecule has 2 aromatic rings. The fraction of sp³-hybridized carbons (Fsp3) is 0.444. The second kappa shape index (κ2) is 6.44. The van der Waals surface area contributed by atoms with E-state index in [9.17, 15) is 14.4 Å². The third-order valence-electron chi connectivity index (χ3n) is 5.16. The van der Waals surface area contributed by atoms with Gasteiger partial charge in [0.05, 0.1) is 17.6 Å². The Morgan fingerprint density at radius 1 is 1.23 bits per heavy atom. The first-order valence-corrected chi connectivity index (χ1v) is 8.92. The van der Waals surface area contributed by atoms with E-state index in [1.807, 2.05) is 24.3 Å². The van der Waals surface area contributed by atoms with Crippen LogP contribution in [0.4, 0.5) is 4.79 Å². The lowest BCUT2D eigenvalue weighted by molar-refractivity contribution is -0.131. The molecule has 3 N–H and O–H groups in total. The van der Waals surface area contributed by atoms with Gasteiger partial charge in [-0.3, -0.25) is 14.5 Å². The highest BCUT2D eigenvalue weighted by Gasteiger charge is 2.52. The fourth-order valence-electron chi connectivity index (χ4n) is 3.77. The lowest BCUT2D eigenvalue weighted by Gasteiger charge is -2.19. The zero-order chi connectivity index (χ0) is 18.1. The topological polar surface area (TPSA) is 107 Å². The van der Waals surface area contributed by atoms with Crippen LogP contribution in [0.2, 0.25) is 0 Å². The van der Waals surface area contributed by atoms with E-state index >= 15 is 0 Å². The summed E-state index contributed by atoms with van der Waals surface area (Å²) in [6.45, 7) is 0.371. The Kier molecular flexibility index (Phi) is 4.10. The maximum atomic E-state index is 12.5. The van der Waals surface area contributed by atoms with Gasteiger partial charge < -0.3 is 15.6 Å². The molecule has 8 nitrogen and oxygen atoms in total. The number of benzene rings is 1. The summed E-state index contributed by atoms with van der Waals surface area (Å²) in [7, 11) is 0. The number of aromatic amines is 1. The van der Waals surface area contributed by atoms with Gasteiger partial charge in [0.1, 0.15) is 11.4 Å². The van der Waals surface area contributed by atoms with Crippen molar-refractivity contribution in [2.75, 3.05) is 6.54 Å². The second-order valence-electron chi connectivity index (χ2n) is 6.90. The van der Waals surface area contributed by atoms with Crippen LogP contribution in [0.5, 0.6) is 0 Å². The number of carbonyl (C=O) groups is 3. The van der Waals surface area contributed by atoms with Gasteiger partial charge in [0.25, 0.3) is 5.91 Å². The van der Waals surface area contributed by atoms with E-state index in [0.717, 1.165) is 23.9 Å².